The number of nitrogens with zero attached hydrogens (tertiary/aromatic N) is 1. The van der Waals surface area contributed by atoms with Crippen molar-refractivity contribution in [1.29, 1.82) is 0 Å². The Morgan fingerprint density at radius 1 is 1.08 bits per heavy atom. The van der Waals surface area contributed by atoms with Crippen LogP contribution in [-0.2, 0) is 32.2 Å². The van der Waals surface area contributed by atoms with Gasteiger partial charge in [0, 0.05) is 25.4 Å². The van der Waals surface area contributed by atoms with E-state index >= 15 is 0 Å². The molecule has 1 aliphatic heterocycles. The summed E-state index contributed by atoms with van der Waals surface area (Å²) in [4.78, 5) is 15.2. The van der Waals surface area contributed by atoms with Gasteiger partial charge in [-0.25, -0.2) is 8.42 Å². The van der Waals surface area contributed by atoms with E-state index in [0.29, 0.717) is 35.8 Å². The van der Waals surface area contributed by atoms with Gasteiger partial charge in [0.1, 0.15) is 17.2 Å². The van der Waals surface area contributed by atoms with Gasteiger partial charge in [0.15, 0.2) is 16.6 Å². The topological polar surface area (TPSA) is 82.1 Å². The Balaban J connectivity index is 1.55. The largest absolute Gasteiger partial charge is 0.466 e. The first-order valence-corrected chi connectivity index (χ1v) is 14.0. The lowest BCUT2D eigenvalue weighted by atomic mass is 10.0. The number of carbonyl (C=O) groups is 1. The first-order chi connectivity index (χ1) is 17.2. The van der Waals surface area contributed by atoms with Crippen molar-refractivity contribution in [2.45, 2.75) is 31.6 Å². The molecular formula is C27H28BrNO6S. The molecular weight excluding hydrogens is 546 g/mol. The number of benzene rings is 3. The molecule has 7 nitrogen and oxygen atoms in total. The van der Waals surface area contributed by atoms with Crippen molar-refractivity contribution >= 4 is 37.4 Å². The van der Waals surface area contributed by atoms with Crippen molar-refractivity contribution in [1.82, 2.24) is 0 Å². The van der Waals surface area contributed by atoms with Crippen LogP contribution in [0.15, 0.2) is 64.0 Å². The molecule has 3 aromatic carbocycles. The monoisotopic (exact) mass is 573 g/mol. The normalized spacial score (nSPS) is 12.9. The molecule has 1 amide bonds. The van der Waals surface area contributed by atoms with E-state index in [4.69, 9.17) is 14.2 Å². The number of halogens is 1. The van der Waals surface area contributed by atoms with Crippen molar-refractivity contribution in [3.8, 4) is 17.2 Å². The fourth-order valence-corrected chi connectivity index (χ4v) is 5.78. The van der Waals surface area contributed by atoms with Crippen molar-refractivity contribution < 1.29 is 27.4 Å². The van der Waals surface area contributed by atoms with Crippen LogP contribution < -0.4 is 14.4 Å². The summed E-state index contributed by atoms with van der Waals surface area (Å²) in [5, 5.41) is 0. The van der Waals surface area contributed by atoms with Crippen LogP contribution in [0.5, 0.6) is 17.2 Å². The van der Waals surface area contributed by atoms with Gasteiger partial charge in [0.2, 0.25) is 5.91 Å². The second-order valence-corrected chi connectivity index (χ2v) is 11.5. The second-order valence-electron chi connectivity index (χ2n) is 8.41. The second kappa shape index (κ2) is 11.0. The molecule has 0 saturated heterocycles. The number of sulfone groups is 1. The van der Waals surface area contributed by atoms with Gasteiger partial charge in [-0.15, -0.1) is 0 Å². The van der Waals surface area contributed by atoms with Crippen molar-refractivity contribution in [3.05, 3.63) is 75.8 Å². The average Bonchev–Trinajstić information content (AvgIpc) is 3.31. The Hall–Kier alpha value is -2.88. The Morgan fingerprint density at radius 3 is 2.61 bits per heavy atom. The van der Waals surface area contributed by atoms with Gasteiger partial charge in [0.05, 0.1) is 21.5 Å². The molecule has 1 aliphatic rings. The molecule has 36 heavy (non-hydrogen) atoms. The summed E-state index contributed by atoms with van der Waals surface area (Å²) in [6.07, 6.45) is 0.719. The smallest absolute Gasteiger partial charge is 0.231 e. The molecule has 3 aromatic rings. The number of hydrogen-bond acceptors (Lipinski definition) is 6. The summed E-state index contributed by atoms with van der Waals surface area (Å²) in [5.74, 6) is 1.78. The number of rotatable bonds is 9. The van der Waals surface area contributed by atoms with E-state index in [0.717, 1.165) is 21.3 Å². The maximum Gasteiger partial charge on any atom is 0.231 e. The van der Waals surface area contributed by atoms with Crippen molar-refractivity contribution in [2.75, 3.05) is 31.1 Å². The average molecular weight is 574 g/mol. The summed E-state index contributed by atoms with van der Waals surface area (Å²) in [5.41, 5.74) is 3.36. The first-order valence-electron chi connectivity index (χ1n) is 11.6. The minimum absolute atomic E-state index is 0.00884. The molecule has 0 radical (unpaired) electrons. The fraction of sp³-hybridized carbons (Fsp3) is 0.296. The molecule has 0 fully saturated rings. The van der Waals surface area contributed by atoms with Gasteiger partial charge >= 0.3 is 0 Å². The number of hydrogen-bond donors (Lipinski definition) is 0. The predicted molar refractivity (Wildman–Crippen MR) is 142 cm³/mol. The Bertz CT molecular complexity index is 1390. The highest BCUT2D eigenvalue weighted by molar-refractivity contribution is 9.10. The first kappa shape index (κ1) is 26.2. The molecule has 0 saturated carbocycles. The highest BCUT2D eigenvalue weighted by Crippen LogP contribution is 2.39. The van der Waals surface area contributed by atoms with Crippen LogP contribution in [0.4, 0.5) is 5.69 Å². The highest BCUT2D eigenvalue weighted by Gasteiger charge is 2.28. The van der Waals surface area contributed by atoms with E-state index in [1.54, 1.807) is 49.3 Å². The van der Waals surface area contributed by atoms with Crippen LogP contribution in [0.2, 0.25) is 0 Å². The maximum absolute atomic E-state index is 13.3. The van der Waals surface area contributed by atoms with E-state index in [-0.39, 0.29) is 29.8 Å². The molecule has 0 atom stereocenters. The van der Waals surface area contributed by atoms with Crippen molar-refractivity contribution in [2.24, 2.45) is 0 Å². The van der Waals surface area contributed by atoms with Crippen LogP contribution in [0.25, 0.3) is 0 Å². The van der Waals surface area contributed by atoms with Crippen LogP contribution in [-0.4, -0.2) is 40.5 Å². The lowest BCUT2D eigenvalue weighted by Gasteiger charge is -2.20. The third-order valence-corrected chi connectivity index (χ3v) is 8.68. The van der Waals surface area contributed by atoms with Gasteiger partial charge in [-0.3, -0.25) is 4.79 Å². The highest BCUT2D eigenvalue weighted by atomic mass is 79.9. The summed E-state index contributed by atoms with van der Waals surface area (Å²) >= 11 is 3.46. The van der Waals surface area contributed by atoms with Gasteiger partial charge < -0.3 is 19.1 Å². The zero-order valence-electron chi connectivity index (χ0n) is 20.4. The van der Waals surface area contributed by atoms with E-state index in [9.17, 15) is 13.2 Å². The van der Waals surface area contributed by atoms with Crippen LogP contribution >= 0.6 is 15.9 Å². The van der Waals surface area contributed by atoms with Gasteiger partial charge in [0.25, 0.3) is 0 Å². The minimum atomic E-state index is -3.42. The number of methoxy groups -OCH3 is 1. The number of ether oxygens (including phenoxy) is 3. The maximum atomic E-state index is 13.3. The van der Waals surface area contributed by atoms with E-state index < -0.39 is 9.84 Å². The molecule has 0 spiro atoms. The molecule has 0 aliphatic carbocycles. The van der Waals surface area contributed by atoms with E-state index in [1.165, 1.54) is 0 Å². The van der Waals surface area contributed by atoms with Crippen LogP contribution in [0.3, 0.4) is 0 Å². The number of anilines is 1. The molecule has 4 rings (SSSR count). The predicted octanol–water partition coefficient (Wildman–Crippen LogP) is 5.46. The number of fused-ring (bicyclic) bond motifs is 1. The third kappa shape index (κ3) is 5.43. The van der Waals surface area contributed by atoms with E-state index in [2.05, 4.69) is 15.9 Å². The summed E-state index contributed by atoms with van der Waals surface area (Å²) in [7, 11) is -1.86. The van der Waals surface area contributed by atoms with Gasteiger partial charge in [-0.1, -0.05) is 25.1 Å². The molecule has 0 aromatic heterocycles. The summed E-state index contributed by atoms with van der Waals surface area (Å²) in [6.45, 7) is 4.24. The minimum Gasteiger partial charge on any atom is -0.466 e. The molecule has 1 heterocycles. The Labute approximate surface area is 220 Å². The summed E-state index contributed by atoms with van der Waals surface area (Å²) < 4.78 is 42.5. The Morgan fingerprint density at radius 2 is 1.86 bits per heavy atom. The fourth-order valence-electron chi connectivity index (χ4n) is 4.28. The number of carbonyl (C=O) groups excluding carboxylic acids is 1. The molecule has 190 valence electrons. The van der Waals surface area contributed by atoms with Gasteiger partial charge in [-0.05, 0) is 76.3 Å². The lowest BCUT2D eigenvalue weighted by Crippen LogP contribution is -2.30. The molecule has 0 bridgehead atoms. The van der Waals surface area contributed by atoms with Crippen LogP contribution in [0, 0.1) is 6.92 Å². The van der Waals surface area contributed by atoms with Crippen molar-refractivity contribution in [3.63, 3.8) is 0 Å². The van der Waals surface area contributed by atoms with Gasteiger partial charge in [-0.2, -0.15) is 0 Å². The molecule has 0 N–H and O–H groups in total. The third-order valence-electron chi connectivity index (χ3n) is 6.19. The van der Waals surface area contributed by atoms with Crippen LogP contribution in [0.1, 0.15) is 23.6 Å². The standard InChI is InChI=1S/C27H28BrNO6S/c1-4-36(31,32)26-8-6-5-7-19(26)15-27(30)29-14-13-21-18(2)24(12-11-23(21)29)35-20-9-10-22(28)25(16-20)34-17-33-3/h5-12,16H,4,13-15,17H2,1-3H3. The zero-order chi connectivity index (χ0) is 25.9. The quantitative estimate of drug-likeness (QED) is 0.316. The molecule has 0 unspecified atom stereocenters. The lowest BCUT2D eigenvalue weighted by molar-refractivity contribution is -0.117. The SMILES string of the molecule is CCS(=O)(=O)c1ccccc1CC(=O)N1CCc2c1ccc(Oc1ccc(Br)c(OCOC)c1)c2C. The zero-order valence-corrected chi connectivity index (χ0v) is 22.8. The number of amides is 1. The Kier molecular flexibility index (Phi) is 8.02. The molecule has 9 heteroatoms. The van der Waals surface area contributed by atoms with E-state index in [1.807, 2.05) is 31.2 Å². The summed E-state index contributed by atoms with van der Waals surface area (Å²) in [6, 6.07) is 15.9.